The van der Waals surface area contributed by atoms with Crippen LogP contribution in [0.25, 0.3) is 48.5 Å². The van der Waals surface area contributed by atoms with Crippen LogP contribution >= 0.6 is 15.9 Å². The van der Waals surface area contributed by atoms with Crippen molar-refractivity contribution in [3.63, 3.8) is 0 Å². The van der Waals surface area contributed by atoms with Gasteiger partial charge in [-0.25, -0.2) is 9.69 Å². The molecule has 43 heavy (non-hydrogen) atoms. The van der Waals surface area contributed by atoms with Crippen LogP contribution in [0.1, 0.15) is 11.1 Å². The van der Waals surface area contributed by atoms with Crippen LogP contribution in [0, 0.1) is 27.0 Å². The molecule has 11 heteroatoms. The quantitative estimate of drug-likeness (QED) is 0.187. The van der Waals surface area contributed by atoms with Gasteiger partial charge < -0.3 is 9.55 Å². The maximum Gasteiger partial charge on any atom is 0.190 e. The smallest absolute Gasteiger partial charge is 0.190 e. The maximum atomic E-state index is 7.20. The van der Waals surface area contributed by atoms with Gasteiger partial charge in [0, 0.05) is 40.8 Å². The molecule has 10 nitrogen and oxygen atoms in total. The Morgan fingerprint density at radius 2 is 1.37 bits per heavy atom. The van der Waals surface area contributed by atoms with Crippen molar-refractivity contribution in [2.45, 2.75) is 13.8 Å². The molecule has 6 heterocycles. The second-order valence-electron chi connectivity index (χ2n) is 9.73. The number of nitrogens with zero attached hydrogens (tertiary/aromatic N) is 9. The predicted molar refractivity (Wildman–Crippen MR) is 171 cm³/mol. The molecule has 208 valence electrons. The van der Waals surface area contributed by atoms with Crippen molar-refractivity contribution in [1.29, 1.82) is 0 Å². The van der Waals surface area contributed by atoms with Crippen molar-refractivity contribution in [1.82, 2.24) is 38.7 Å². The molecule has 0 saturated carbocycles. The molecular formula is C32H23BrN10. The van der Waals surface area contributed by atoms with Crippen molar-refractivity contribution >= 4 is 60.4 Å². The Labute approximate surface area is 254 Å². The molecular weight excluding hydrogens is 604 g/mol. The van der Waals surface area contributed by atoms with Crippen molar-refractivity contribution < 1.29 is 0 Å². The standard InChI is InChI=1S/C16H11N5.C10H8N2.C6H4BrN3/c1-11-7-15-12(8-14(11)17-2)3-6-21(15)13-4-5-20-10-18-19-16(20)9-13;1-7-5-10-8(3-4-12-10)6-9(7)11-2;7-5-1-2-10-4-8-9-6(10)3-5/h3-10H,1H3;3-6,12H,1H3;1-4H. The Bertz CT molecular complexity index is 2320. The van der Waals surface area contributed by atoms with Crippen LogP contribution in [0.15, 0.2) is 103 Å². The van der Waals surface area contributed by atoms with Gasteiger partial charge in [-0.15, -0.1) is 20.4 Å². The summed E-state index contributed by atoms with van der Waals surface area (Å²) in [5.41, 5.74) is 8.33. The summed E-state index contributed by atoms with van der Waals surface area (Å²) in [6.07, 6.45) is 11.1. The number of hydrogen-bond acceptors (Lipinski definition) is 4. The van der Waals surface area contributed by atoms with Gasteiger partial charge in [0.25, 0.3) is 0 Å². The fraction of sp³-hybridized carbons (Fsp3) is 0.0625. The largest absolute Gasteiger partial charge is 0.361 e. The normalized spacial score (nSPS) is 10.6. The van der Waals surface area contributed by atoms with E-state index in [0.29, 0.717) is 5.69 Å². The lowest BCUT2D eigenvalue weighted by molar-refractivity contribution is 1.09. The molecule has 6 aromatic heterocycles. The highest BCUT2D eigenvalue weighted by Gasteiger charge is 2.08. The predicted octanol–water partition coefficient (Wildman–Crippen LogP) is 8.05. The minimum atomic E-state index is 0.702. The molecule has 0 unspecified atom stereocenters. The van der Waals surface area contributed by atoms with E-state index in [-0.39, 0.29) is 0 Å². The third-order valence-corrected chi connectivity index (χ3v) is 7.44. The van der Waals surface area contributed by atoms with Crippen LogP contribution in [0.4, 0.5) is 11.4 Å². The molecule has 2 aromatic carbocycles. The first-order valence-electron chi connectivity index (χ1n) is 13.1. The fourth-order valence-electron chi connectivity index (χ4n) is 4.69. The molecule has 0 radical (unpaired) electrons. The van der Waals surface area contributed by atoms with E-state index >= 15 is 0 Å². The number of hydrogen-bond donors (Lipinski definition) is 1. The number of aryl methyl sites for hydroxylation is 2. The zero-order chi connectivity index (χ0) is 29.9. The SMILES string of the molecule is Brc1ccn2cnnc2c1.[C-]#[N+]c1cc2cc[nH]c2cc1C.[C-]#[N+]c1cc2ccn(-c3ccn4cnnc4c3)c2cc1C. The van der Waals surface area contributed by atoms with Gasteiger partial charge in [-0.2, -0.15) is 0 Å². The molecule has 0 aliphatic carbocycles. The molecule has 0 bridgehead atoms. The van der Waals surface area contributed by atoms with Crippen LogP contribution in [0.5, 0.6) is 0 Å². The highest BCUT2D eigenvalue weighted by molar-refractivity contribution is 9.10. The number of aromatic amines is 1. The summed E-state index contributed by atoms with van der Waals surface area (Å²) in [6.45, 7) is 18.0. The van der Waals surface area contributed by atoms with Gasteiger partial charge in [0.05, 0.1) is 24.3 Å². The number of nitrogens with one attached hydrogen (secondary N) is 1. The minimum absolute atomic E-state index is 0.702. The Morgan fingerprint density at radius 1 is 0.721 bits per heavy atom. The van der Waals surface area contributed by atoms with E-state index in [1.165, 1.54) is 0 Å². The number of aromatic nitrogens is 8. The van der Waals surface area contributed by atoms with Gasteiger partial charge in [-0.3, -0.25) is 8.80 Å². The van der Waals surface area contributed by atoms with E-state index in [2.05, 4.69) is 61.6 Å². The molecule has 8 aromatic rings. The number of H-pyrrole nitrogens is 1. The molecule has 8 rings (SSSR count). The maximum absolute atomic E-state index is 7.20. The van der Waals surface area contributed by atoms with Gasteiger partial charge in [-0.05, 0) is 90.3 Å². The molecule has 0 atom stereocenters. The van der Waals surface area contributed by atoms with Gasteiger partial charge >= 0.3 is 0 Å². The minimum Gasteiger partial charge on any atom is -0.361 e. The monoisotopic (exact) mass is 626 g/mol. The molecule has 0 fully saturated rings. The van der Waals surface area contributed by atoms with Crippen LogP contribution in [-0.4, -0.2) is 38.7 Å². The lowest BCUT2D eigenvalue weighted by Crippen LogP contribution is -1.94. The van der Waals surface area contributed by atoms with Gasteiger partial charge in [0.15, 0.2) is 22.7 Å². The topological polar surface area (TPSA) is 89.8 Å². The van der Waals surface area contributed by atoms with Crippen molar-refractivity contribution in [3.8, 4) is 5.69 Å². The fourth-order valence-corrected chi connectivity index (χ4v) is 5.01. The number of halogens is 1. The van der Waals surface area contributed by atoms with E-state index in [1.807, 2.05) is 102 Å². The lowest BCUT2D eigenvalue weighted by atomic mass is 10.1. The zero-order valence-electron chi connectivity index (χ0n) is 23.1. The zero-order valence-corrected chi connectivity index (χ0v) is 24.7. The van der Waals surface area contributed by atoms with Crippen LogP contribution in [-0.2, 0) is 0 Å². The van der Waals surface area contributed by atoms with Gasteiger partial charge in [0.2, 0.25) is 0 Å². The third-order valence-electron chi connectivity index (χ3n) is 6.94. The highest BCUT2D eigenvalue weighted by atomic mass is 79.9. The molecule has 1 N–H and O–H groups in total. The van der Waals surface area contributed by atoms with Crippen molar-refractivity contribution in [2.75, 3.05) is 0 Å². The molecule has 0 amide bonds. The lowest BCUT2D eigenvalue weighted by Gasteiger charge is -2.07. The van der Waals surface area contributed by atoms with Crippen LogP contribution < -0.4 is 0 Å². The number of pyridine rings is 2. The van der Waals surface area contributed by atoms with E-state index in [4.69, 9.17) is 13.1 Å². The summed E-state index contributed by atoms with van der Waals surface area (Å²) in [6, 6.07) is 19.8. The second kappa shape index (κ2) is 11.6. The summed E-state index contributed by atoms with van der Waals surface area (Å²) in [7, 11) is 0. The third kappa shape index (κ3) is 5.58. The van der Waals surface area contributed by atoms with E-state index < -0.39 is 0 Å². The van der Waals surface area contributed by atoms with E-state index in [1.54, 1.807) is 12.7 Å². The highest BCUT2D eigenvalue weighted by Crippen LogP contribution is 2.29. The van der Waals surface area contributed by atoms with E-state index in [0.717, 1.165) is 60.1 Å². The average molecular weight is 628 g/mol. The summed E-state index contributed by atoms with van der Waals surface area (Å²) in [5.74, 6) is 0. The molecule has 0 aliphatic rings. The first kappa shape index (κ1) is 27.4. The van der Waals surface area contributed by atoms with Crippen LogP contribution in [0.2, 0.25) is 0 Å². The molecule has 0 spiro atoms. The Hall–Kier alpha value is -5.78. The van der Waals surface area contributed by atoms with Gasteiger partial charge in [-0.1, -0.05) is 15.9 Å². The average Bonchev–Trinajstić information content (AvgIpc) is 3.83. The van der Waals surface area contributed by atoms with E-state index in [9.17, 15) is 0 Å². The first-order chi connectivity index (χ1) is 20.9. The van der Waals surface area contributed by atoms with Gasteiger partial charge in [0.1, 0.15) is 12.7 Å². The Balaban J connectivity index is 0.000000126. The molecule has 0 saturated heterocycles. The number of benzene rings is 2. The summed E-state index contributed by atoms with van der Waals surface area (Å²) in [5, 5.41) is 17.7. The Morgan fingerprint density at radius 3 is 2.09 bits per heavy atom. The second-order valence-corrected chi connectivity index (χ2v) is 10.6. The number of fused-ring (bicyclic) bond motifs is 4. The number of rotatable bonds is 1. The summed E-state index contributed by atoms with van der Waals surface area (Å²) in [4.78, 5) is 10.1. The summed E-state index contributed by atoms with van der Waals surface area (Å²) >= 11 is 3.34. The Kier molecular flexibility index (Phi) is 7.39. The van der Waals surface area contributed by atoms with Crippen molar-refractivity contribution in [2.24, 2.45) is 0 Å². The van der Waals surface area contributed by atoms with Crippen molar-refractivity contribution in [3.05, 3.63) is 137 Å². The van der Waals surface area contributed by atoms with Crippen LogP contribution in [0.3, 0.4) is 0 Å². The molecule has 0 aliphatic heterocycles. The summed E-state index contributed by atoms with van der Waals surface area (Å²) < 4.78 is 6.85. The first-order valence-corrected chi connectivity index (χ1v) is 13.9.